The van der Waals surface area contributed by atoms with Gasteiger partial charge in [0.15, 0.2) is 0 Å². The van der Waals surface area contributed by atoms with Crippen molar-refractivity contribution in [3.63, 3.8) is 0 Å². The second-order valence-electron chi connectivity index (χ2n) is 3.15. The largest absolute Gasteiger partial charge is 0.469 e. The summed E-state index contributed by atoms with van der Waals surface area (Å²) in [6, 6.07) is 0.700. The quantitative estimate of drug-likeness (QED) is 0.751. The van der Waals surface area contributed by atoms with Gasteiger partial charge in [0.1, 0.15) is 5.82 Å². The van der Waals surface area contributed by atoms with Gasteiger partial charge in [-0.3, -0.25) is 9.78 Å². The Labute approximate surface area is 90.2 Å². The zero-order chi connectivity index (χ0) is 12.3. The monoisotopic (exact) mass is 233 g/mol. The molecule has 0 bridgehead atoms. The van der Waals surface area contributed by atoms with Crippen LogP contribution in [0.1, 0.15) is 23.4 Å². The van der Waals surface area contributed by atoms with E-state index in [0.717, 1.165) is 7.11 Å². The van der Waals surface area contributed by atoms with E-state index >= 15 is 0 Å². The number of esters is 1. The van der Waals surface area contributed by atoms with E-state index in [4.69, 9.17) is 0 Å². The number of alkyl halides is 2. The molecule has 0 spiro atoms. The predicted molar refractivity (Wildman–Crippen MR) is 49.6 cm³/mol. The summed E-state index contributed by atoms with van der Waals surface area (Å²) in [5.74, 6) is -1.60. The second kappa shape index (κ2) is 4.96. The summed E-state index contributed by atoms with van der Waals surface area (Å²) < 4.78 is 42.4. The first-order valence-corrected chi connectivity index (χ1v) is 4.46. The van der Waals surface area contributed by atoms with Crippen molar-refractivity contribution < 1.29 is 22.7 Å². The molecule has 0 aliphatic rings. The Bertz CT molecular complexity index is 407. The summed E-state index contributed by atoms with van der Waals surface area (Å²) >= 11 is 0. The molecule has 0 aliphatic heterocycles. The maximum atomic E-state index is 13.3. The van der Waals surface area contributed by atoms with E-state index in [1.54, 1.807) is 0 Å². The molecule has 0 aromatic carbocycles. The lowest BCUT2D eigenvalue weighted by molar-refractivity contribution is -0.139. The van der Waals surface area contributed by atoms with Crippen molar-refractivity contribution in [1.82, 2.24) is 4.98 Å². The number of pyridine rings is 1. The average molecular weight is 233 g/mol. The van der Waals surface area contributed by atoms with Crippen LogP contribution in [0.3, 0.4) is 0 Å². The molecule has 0 saturated carbocycles. The van der Waals surface area contributed by atoms with Crippen LogP contribution in [0.4, 0.5) is 13.2 Å². The number of hydrogen-bond acceptors (Lipinski definition) is 3. The van der Waals surface area contributed by atoms with E-state index in [2.05, 4.69) is 9.72 Å². The average Bonchev–Trinajstić information content (AvgIpc) is 2.22. The molecule has 6 heteroatoms. The minimum atomic E-state index is -2.78. The standard InChI is InChI=1S/C10H10F3NO2/c1-5-6(10(12)13)3-7(11)8(14-5)4-9(15)16-2/h3,10H,4H2,1-2H3. The van der Waals surface area contributed by atoms with E-state index < -0.39 is 23.8 Å². The van der Waals surface area contributed by atoms with Crippen LogP contribution in [0.5, 0.6) is 0 Å². The molecular weight excluding hydrogens is 223 g/mol. The third-order valence-corrected chi connectivity index (χ3v) is 2.05. The van der Waals surface area contributed by atoms with Gasteiger partial charge in [0.25, 0.3) is 6.43 Å². The van der Waals surface area contributed by atoms with Gasteiger partial charge in [0.2, 0.25) is 0 Å². The number of ether oxygens (including phenoxy) is 1. The Morgan fingerprint density at radius 2 is 2.19 bits per heavy atom. The van der Waals surface area contributed by atoms with E-state index in [9.17, 15) is 18.0 Å². The minimum absolute atomic E-state index is 0.00954. The predicted octanol–water partition coefficient (Wildman–Crippen LogP) is 2.18. The van der Waals surface area contributed by atoms with E-state index in [-0.39, 0.29) is 17.8 Å². The Balaban J connectivity index is 3.05. The van der Waals surface area contributed by atoms with Crippen LogP contribution in [-0.4, -0.2) is 18.1 Å². The molecular formula is C10H10F3NO2. The normalized spacial score (nSPS) is 10.6. The van der Waals surface area contributed by atoms with Crippen LogP contribution >= 0.6 is 0 Å². The van der Waals surface area contributed by atoms with Gasteiger partial charge in [-0.2, -0.15) is 0 Å². The summed E-state index contributed by atoms with van der Waals surface area (Å²) in [7, 11) is 1.15. The smallest absolute Gasteiger partial charge is 0.311 e. The molecule has 16 heavy (non-hydrogen) atoms. The molecule has 0 aliphatic carbocycles. The molecule has 3 nitrogen and oxygen atoms in total. The number of carbonyl (C=O) groups excluding carboxylic acids is 1. The number of methoxy groups -OCH3 is 1. The van der Waals surface area contributed by atoms with Gasteiger partial charge in [-0.15, -0.1) is 0 Å². The molecule has 0 unspecified atom stereocenters. The first-order valence-electron chi connectivity index (χ1n) is 4.46. The number of aromatic nitrogens is 1. The van der Waals surface area contributed by atoms with Gasteiger partial charge < -0.3 is 4.74 Å². The van der Waals surface area contributed by atoms with Crippen molar-refractivity contribution in [2.45, 2.75) is 19.8 Å². The fraction of sp³-hybridized carbons (Fsp3) is 0.400. The van der Waals surface area contributed by atoms with Crippen molar-refractivity contribution in [3.05, 3.63) is 28.8 Å². The van der Waals surface area contributed by atoms with Crippen LogP contribution in [0.15, 0.2) is 6.07 Å². The van der Waals surface area contributed by atoms with Crippen molar-refractivity contribution >= 4 is 5.97 Å². The van der Waals surface area contributed by atoms with Crippen molar-refractivity contribution in [1.29, 1.82) is 0 Å². The number of nitrogens with zero attached hydrogens (tertiary/aromatic N) is 1. The Kier molecular flexibility index (Phi) is 3.87. The maximum Gasteiger partial charge on any atom is 0.311 e. The summed E-state index contributed by atoms with van der Waals surface area (Å²) in [5, 5.41) is 0. The molecule has 1 aromatic heterocycles. The number of carbonyl (C=O) groups is 1. The third kappa shape index (κ3) is 2.71. The molecule has 0 atom stereocenters. The van der Waals surface area contributed by atoms with Gasteiger partial charge in [-0.25, -0.2) is 13.2 Å². The molecule has 88 valence electrons. The third-order valence-electron chi connectivity index (χ3n) is 2.05. The fourth-order valence-corrected chi connectivity index (χ4v) is 1.20. The molecule has 0 amide bonds. The molecule has 1 rings (SSSR count). The van der Waals surface area contributed by atoms with Crippen molar-refractivity contribution in [2.24, 2.45) is 0 Å². The molecule has 0 saturated heterocycles. The maximum absolute atomic E-state index is 13.3. The molecule has 0 N–H and O–H groups in total. The SMILES string of the molecule is COC(=O)Cc1nc(C)c(C(F)F)cc1F. The topological polar surface area (TPSA) is 39.2 Å². The first kappa shape index (κ1) is 12.5. The van der Waals surface area contributed by atoms with Crippen LogP contribution in [0.2, 0.25) is 0 Å². The molecule has 0 radical (unpaired) electrons. The first-order chi connectivity index (χ1) is 7.45. The van der Waals surface area contributed by atoms with Crippen LogP contribution in [0, 0.1) is 12.7 Å². The van der Waals surface area contributed by atoms with Crippen molar-refractivity contribution in [3.8, 4) is 0 Å². The summed E-state index contributed by atoms with van der Waals surface area (Å²) in [6.45, 7) is 1.34. The number of hydrogen-bond donors (Lipinski definition) is 0. The van der Waals surface area contributed by atoms with Crippen LogP contribution in [0.25, 0.3) is 0 Å². The van der Waals surface area contributed by atoms with Gasteiger partial charge in [0, 0.05) is 11.3 Å². The van der Waals surface area contributed by atoms with Crippen LogP contribution in [-0.2, 0) is 16.0 Å². The summed E-state index contributed by atoms with van der Waals surface area (Å²) in [4.78, 5) is 14.5. The lowest BCUT2D eigenvalue weighted by Crippen LogP contribution is -2.10. The zero-order valence-electron chi connectivity index (χ0n) is 8.76. The summed E-state index contributed by atoms with van der Waals surface area (Å²) in [6.07, 6.45) is -3.15. The lowest BCUT2D eigenvalue weighted by atomic mass is 10.1. The number of aryl methyl sites for hydroxylation is 1. The summed E-state index contributed by atoms with van der Waals surface area (Å²) in [5.41, 5.74) is -0.643. The fourth-order valence-electron chi connectivity index (χ4n) is 1.20. The minimum Gasteiger partial charge on any atom is -0.469 e. The van der Waals surface area contributed by atoms with Gasteiger partial charge in [-0.1, -0.05) is 0 Å². The lowest BCUT2D eigenvalue weighted by Gasteiger charge is -2.07. The highest BCUT2D eigenvalue weighted by Gasteiger charge is 2.17. The van der Waals surface area contributed by atoms with E-state index in [1.807, 2.05) is 0 Å². The van der Waals surface area contributed by atoms with Gasteiger partial charge in [-0.05, 0) is 13.0 Å². The number of halogens is 3. The van der Waals surface area contributed by atoms with Crippen molar-refractivity contribution in [2.75, 3.05) is 7.11 Å². The molecule has 1 heterocycles. The molecule has 0 fully saturated rings. The Morgan fingerprint density at radius 3 is 2.69 bits per heavy atom. The van der Waals surface area contributed by atoms with Crippen LogP contribution < -0.4 is 0 Å². The van der Waals surface area contributed by atoms with E-state index in [1.165, 1.54) is 6.92 Å². The Morgan fingerprint density at radius 1 is 1.56 bits per heavy atom. The second-order valence-corrected chi connectivity index (χ2v) is 3.15. The zero-order valence-corrected chi connectivity index (χ0v) is 8.76. The van der Waals surface area contributed by atoms with E-state index in [0.29, 0.717) is 6.07 Å². The van der Waals surface area contributed by atoms with Gasteiger partial charge in [0.05, 0.1) is 19.2 Å². The van der Waals surface area contributed by atoms with Gasteiger partial charge >= 0.3 is 5.97 Å². The number of rotatable bonds is 3. The highest BCUT2D eigenvalue weighted by Crippen LogP contribution is 2.23. The highest BCUT2D eigenvalue weighted by atomic mass is 19.3. The highest BCUT2D eigenvalue weighted by molar-refractivity contribution is 5.71. The molecule has 1 aromatic rings. The Hall–Kier alpha value is -1.59.